The molecule has 0 aliphatic carbocycles. The number of carbonyl (C=O) groups is 1. The standard InChI is InChI=1S/C26H24F3NO2/c1-3-17-32-23-16-15-21(18-22(23)26(27,28)29)30-24(31)25(4-2,19-11-7-5-8-12-19)20-13-9-6-10-14-20/h3,5-16,18H,1,4,17H2,2H3,(H,30,31). The van der Waals surface area contributed by atoms with E-state index >= 15 is 0 Å². The van der Waals surface area contributed by atoms with Gasteiger partial charge in [-0.05, 0) is 35.7 Å². The lowest BCUT2D eigenvalue weighted by molar-refractivity contribution is -0.138. The van der Waals surface area contributed by atoms with Crippen LogP contribution in [0.15, 0.2) is 91.5 Å². The van der Waals surface area contributed by atoms with Crippen LogP contribution in [0.5, 0.6) is 5.75 Å². The van der Waals surface area contributed by atoms with Crippen LogP contribution in [0.25, 0.3) is 0 Å². The topological polar surface area (TPSA) is 38.3 Å². The number of benzene rings is 3. The Labute approximate surface area is 185 Å². The van der Waals surface area contributed by atoms with Crippen molar-refractivity contribution in [3.8, 4) is 5.75 Å². The summed E-state index contributed by atoms with van der Waals surface area (Å²) < 4.78 is 46.0. The molecule has 0 fully saturated rings. The lowest BCUT2D eigenvalue weighted by Crippen LogP contribution is -2.41. The summed E-state index contributed by atoms with van der Waals surface area (Å²) in [4.78, 5) is 13.6. The van der Waals surface area contributed by atoms with Gasteiger partial charge >= 0.3 is 6.18 Å². The Balaban J connectivity index is 2.05. The van der Waals surface area contributed by atoms with E-state index in [4.69, 9.17) is 4.74 Å². The van der Waals surface area contributed by atoms with Crippen LogP contribution in [0.3, 0.4) is 0 Å². The van der Waals surface area contributed by atoms with Gasteiger partial charge < -0.3 is 10.1 Å². The molecule has 1 amide bonds. The Morgan fingerprint density at radius 1 is 0.969 bits per heavy atom. The van der Waals surface area contributed by atoms with E-state index < -0.39 is 23.1 Å². The minimum atomic E-state index is -4.64. The number of amides is 1. The number of hydrogen-bond acceptors (Lipinski definition) is 2. The monoisotopic (exact) mass is 439 g/mol. The maximum atomic E-state index is 13.6. The fourth-order valence-electron chi connectivity index (χ4n) is 3.78. The van der Waals surface area contributed by atoms with Gasteiger partial charge in [0.1, 0.15) is 12.4 Å². The highest BCUT2D eigenvalue weighted by Gasteiger charge is 2.41. The second-order valence-electron chi connectivity index (χ2n) is 7.25. The van der Waals surface area contributed by atoms with E-state index in [0.717, 1.165) is 17.2 Å². The normalized spacial score (nSPS) is 11.6. The number of hydrogen-bond donors (Lipinski definition) is 1. The first kappa shape index (κ1) is 23.1. The van der Waals surface area contributed by atoms with E-state index in [0.29, 0.717) is 6.42 Å². The first-order chi connectivity index (χ1) is 15.3. The van der Waals surface area contributed by atoms with Gasteiger partial charge in [-0.2, -0.15) is 13.2 Å². The summed E-state index contributed by atoms with van der Waals surface area (Å²) in [7, 11) is 0. The number of anilines is 1. The number of ether oxygens (including phenoxy) is 1. The van der Waals surface area contributed by atoms with Crippen molar-refractivity contribution < 1.29 is 22.7 Å². The first-order valence-corrected chi connectivity index (χ1v) is 10.2. The van der Waals surface area contributed by atoms with Gasteiger partial charge in [-0.15, -0.1) is 0 Å². The first-order valence-electron chi connectivity index (χ1n) is 10.2. The number of alkyl halides is 3. The Morgan fingerprint density at radius 2 is 1.53 bits per heavy atom. The molecule has 3 nitrogen and oxygen atoms in total. The number of carbonyl (C=O) groups excluding carboxylic acids is 1. The highest BCUT2D eigenvalue weighted by Crippen LogP contribution is 2.40. The number of nitrogens with one attached hydrogen (secondary N) is 1. The molecule has 0 saturated carbocycles. The summed E-state index contributed by atoms with van der Waals surface area (Å²) in [5, 5.41) is 2.71. The van der Waals surface area contributed by atoms with Crippen LogP contribution in [-0.2, 0) is 16.4 Å². The van der Waals surface area contributed by atoms with Crippen LogP contribution in [0.4, 0.5) is 18.9 Å². The molecule has 0 saturated heterocycles. The van der Waals surface area contributed by atoms with Gasteiger partial charge in [-0.25, -0.2) is 0 Å². The van der Waals surface area contributed by atoms with E-state index in [-0.39, 0.29) is 18.0 Å². The smallest absolute Gasteiger partial charge is 0.420 e. The molecular formula is C26H24F3NO2. The molecule has 0 heterocycles. The van der Waals surface area contributed by atoms with Crippen molar-refractivity contribution in [2.45, 2.75) is 24.9 Å². The molecular weight excluding hydrogens is 415 g/mol. The van der Waals surface area contributed by atoms with Crippen LogP contribution in [0, 0.1) is 0 Å². The van der Waals surface area contributed by atoms with Gasteiger partial charge in [0, 0.05) is 5.69 Å². The Hall–Kier alpha value is -3.54. The molecule has 0 aliphatic heterocycles. The molecule has 3 aromatic carbocycles. The number of halogens is 3. The van der Waals surface area contributed by atoms with Crippen LogP contribution in [-0.4, -0.2) is 12.5 Å². The molecule has 6 heteroatoms. The van der Waals surface area contributed by atoms with Crippen molar-refractivity contribution in [1.82, 2.24) is 0 Å². The second-order valence-corrected chi connectivity index (χ2v) is 7.25. The van der Waals surface area contributed by atoms with E-state index in [1.165, 1.54) is 18.2 Å². The minimum absolute atomic E-state index is 0.0398. The zero-order chi connectivity index (χ0) is 23.2. The fraction of sp³-hybridized carbons (Fsp3) is 0.192. The van der Waals surface area contributed by atoms with Crippen molar-refractivity contribution >= 4 is 11.6 Å². The van der Waals surface area contributed by atoms with E-state index in [1.807, 2.05) is 67.6 Å². The van der Waals surface area contributed by atoms with Crippen molar-refractivity contribution in [2.75, 3.05) is 11.9 Å². The zero-order valence-electron chi connectivity index (χ0n) is 17.7. The predicted octanol–water partition coefficient (Wildman–Crippen LogP) is 6.61. The summed E-state index contributed by atoms with van der Waals surface area (Å²) in [5.41, 5.74) is -0.475. The molecule has 0 radical (unpaired) electrons. The van der Waals surface area contributed by atoms with Crippen molar-refractivity contribution in [3.63, 3.8) is 0 Å². The van der Waals surface area contributed by atoms with Crippen LogP contribution in [0.1, 0.15) is 30.0 Å². The lowest BCUT2D eigenvalue weighted by Gasteiger charge is -2.33. The van der Waals surface area contributed by atoms with Crippen LogP contribution in [0.2, 0.25) is 0 Å². The molecule has 0 aromatic heterocycles. The molecule has 166 valence electrons. The highest BCUT2D eigenvalue weighted by molar-refractivity contribution is 6.02. The quantitative estimate of drug-likeness (QED) is 0.401. The van der Waals surface area contributed by atoms with Crippen molar-refractivity contribution in [1.29, 1.82) is 0 Å². The fourth-order valence-corrected chi connectivity index (χ4v) is 3.78. The third-order valence-corrected chi connectivity index (χ3v) is 5.35. The number of rotatable bonds is 8. The summed E-state index contributed by atoms with van der Waals surface area (Å²) in [6.45, 7) is 5.28. The summed E-state index contributed by atoms with van der Waals surface area (Å²) >= 11 is 0. The molecule has 0 spiro atoms. The van der Waals surface area contributed by atoms with Gasteiger partial charge in [0.15, 0.2) is 0 Å². The highest BCUT2D eigenvalue weighted by atomic mass is 19.4. The molecule has 3 aromatic rings. The molecule has 0 unspecified atom stereocenters. The largest absolute Gasteiger partial charge is 0.489 e. The second kappa shape index (κ2) is 9.73. The molecule has 0 atom stereocenters. The van der Waals surface area contributed by atoms with Crippen molar-refractivity contribution in [2.24, 2.45) is 0 Å². The molecule has 0 bridgehead atoms. The molecule has 1 N–H and O–H groups in total. The zero-order valence-corrected chi connectivity index (χ0v) is 17.7. The van der Waals surface area contributed by atoms with E-state index in [9.17, 15) is 18.0 Å². The average molecular weight is 439 g/mol. The SMILES string of the molecule is C=CCOc1ccc(NC(=O)C(CC)(c2ccccc2)c2ccccc2)cc1C(F)(F)F. The van der Waals surface area contributed by atoms with Gasteiger partial charge in [-0.1, -0.05) is 80.2 Å². The third-order valence-electron chi connectivity index (χ3n) is 5.35. The Kier molecular flexibility index (Phi) is 7.03. The summed E-state index contributed by atoms with van der Waals surface area (Å²) in [6.07, 6.45) is -2.86. The van der Waals surface area contributed by atoms with E-state index in [1.54, 1.807) is 0 Å². The van der Waals surface area contributed by atoms with Gasteiger partial charge in [-0.3, -0.25) is 4.79 Å². The van der Waals surface area contributed by atoms with Gasteiger partial charge in [0.05, 0.1) is 11.0 Å². The molecule has 32 heavy (non-hydrogen) atoms. The minimum Gasteiger partial charge on any atom is -0.489 e. The maximum absolute atomic E-state index is 13.6. The lowest BCUT2D eigenvalue weighted by atomic mass is 9.71. The summed E-state index contributed by atoms with van der Waals surface area (Å²) in [6, 6.07) is 22.0. The van der Waals surface area contributed by atoms with Gasteiger partial charge in [0.25, 0.3) is 0 Å². The third kappa shape index (κ3) is 4.69. The molecule has 3 rings (SSSR count). The van der Waals surface area contributed by atoms with Crippen molar-refractivity contribution in [3.05, 3.63) is 108 Å². The van der Waals surface area contributed by atoms with Crippen LogP contribution >= 0.6 is 0 Å². The summed E-state index contributed by atoms with van der Waals surface area (Å²) in [5.74, 6) is -0.728. The predicted molar refractivity (Wildman–Crippen MR) is 120 cm³/mol. The Bertz CT molecular complexity index is 1020. The molecule has 0 aliphatic rings. The maximum Gasteiger partial charge on any atom is 0.420 e. The Morgan fingerprint density at radius 3 is 2.00 bits per heavy atom. The van der Waals surface area contributed by atoms with Crippen LogP contribution < -0.4 is 10.1 Å². The van der Waals surface area contributed by atoms with E-state index in [2.05, 4.69) is 11.9 Å². The van der Waals surface area contributed by atoms with Gasteiger partial charge in [0.2, 0.25) is 5.91 Å². The average Bonchev–Trinajstić information content (AvgIpc) is 2.80.